The van der Waals surface area contributed by atoms with Crippen LogP contribution in [0.4, 0.5) is 0 Å². The lowest BCUT2D eigenvalue weighted by Crippen LogP contribution is -2.09. The molecule has 0 aliphatic heterocycles. The molecule has 15 heavy (non-hydrogen) atoms. The van der Waals surface area contributed by atoms with Crippen molar-refractivity contribution >= 4 is 12.1 Å². The molecule has 0 heterocycles. The molecule has 1 rings (SSSR count). The Kier molecular flexibility index (Phi) is 3.61. The summed E-state index contributed by atoms with van der Waals surface area (Å²) < 4.78 is 5.08. The van der Waals surface area contributed by atoms with E-state index in [1.54, 1.807) is 18.2 Å². The van der Waals surface area contributed by atoms with E-state index >= 15 is 0 Å². The second kappa shape index (κ2) is 4.73. The molecule has 0 unspecified atom stereocenters. The summed E-state index contributed by atoms with van der Waals surface area (Å²) in [7, 11) is 1.49. The molecule has 0 N–H and O–H groups in total. The van der Waals surface area contributed by atoms with Gasteiger partial charge in [-0.05, 0) is 12.1 Å². The SMILES string of the molecule is COc1cc(C=O)ccc1C(=O)C(C)C. The number of hydrogen-bond acceptors (Lipinski definition) is 3. The Morgan fingerprint density at radius 3 is 2.53 bits per heavy atom. The zero-order chi connectivity index (χ0) is 11.4. The molecule has 80 valence electrons. The van der Waals surface area contributed by atoms with Crippen molar-refractivity contribution in [3.05, 3.63) is 29.3 Å². The molecule has 0 fully saturated rings. The van der Waals surface area contributed by atoms with Crippen LogP contribution >= 0.6 is 0 Å². The third-order valence-electron chi connectivity index (χ3n) is 2.15. The fraction of sp³-hybridized carbons (Fsp3) is 0.333. The van der Waals surface area contributed by atoms with E-state index in [0.29, 0.717) is 16.9 Å². The van der Waals surface area contributed by atoms with E-state index in [-0.39, 0.29) is 11.7 Å². The van der Waals surface area contributed by atoms with Crippen LogP contribution in [-0.2, 0) is 0 Å². The van der Waals surface area contributed by atoms with E-state index < -0.39 is 0 Å². The predicted octanol–water partition coefficient (Wildman–Crippen LogP) is 2.35. The molecular formula is C12H14O3. The number of ether oxygens (including phenoxy) is 1. The van der Waals surface area contributed by atoms with Crippen LogP contribution in [0.25, 0.3) is 0 Å². The fourth-order valence-corrected chi connectivity index (χ4v) is 1.30. The standard InChI is InChI=1S/C12H14O3/c1-8(2)12(14)10-5-4-9(7-13)6-11(10)15-3/h4-8H,1-3H3. The molecule has 0 aromatic heterocycles. The number of rotatable bonds is 4. The highest BCUT2D eigenvalue weighted by Gasteiger charge is 2.15. The molecule has 0 saturated carbocycles. The van der Waals surface area contributed by atoms with Crippen LogP contribution in [0.15, 0.2) is 18.2 Å². The summed E-state index contributed by atoms with van der Waals surface area (Å²) in [4.78, 5) is 22.3. The highest BCUT2D eigenvalue weighted by molar-refractivity contribution is 6.00. The molecule has 3 nitrogen and oxygen atoms in total. The molecule has 0 aliphatic rings. The smallest absolute Gasteiger partial charge is 0.169 e. The number of carbonyl (C=O) groups excluding carboxylic acids is 2. The van der Waals surface area contributed by atoms with Crippen molar-refractivity contribution in [3.8, 4) is 5.75 Å². The topological polar surface area (TPSA) is 43.4 Å². The maximum atomic E-state index is 11.8. The summed E-state index contributed by atoms with van der Waals surface area (Å²) in [5.74, 6) is 0.392. The van der Waals surface area contributed by atoms with Gasteiger partial charge in [0.1, 0.15) is 12.0 Å². The zero-order valence-electron chi connectivity index (χ0n) is 9.11. The lowest BCUT2D eigenvalue weighted by atomic mass is 9.99. The molecule has 0 atom stereocenters. The first-order chi connectivity index (χ1) is 7.10. The van der Waals surface area contributed by atoms with Crippen molar-refractivity contribution in [3.63, 3.8) is 0 Å². The maximum absolute atomic E-state index is 11.8. The number of benzene rings is 1. The number of ketones is 1. The quantitative estimate of drug-likeness (QED) is 0.561. The van der Waals surface area contributed by atoms with Crippen LogP contribution < -0.4 is 4.74 Å². The number of aldehydes is 1. The number of methoxy groups -OCH3 is 1. The third-order valence-corrected chi connectivity index (χ3v) is 2.15. The average molecular weight is 206 g/mol. The fourth-order valence-electron chi connectivity index (χ4n) is 1.30. The van der Waals surface area contributed by atoms with Crippen LogP contribution in [0.1, 0.15) is 34.6 Å². The maximum Gasteiger partial charge on any atom is 0.169 e. The largest absolute Gasteiger partial charge is 0.496 e. The Hall–Kier alpha value is -1.64. The monoisotopic (exact) mass is 206 g/mol. The van der Waals surface area contributed by atoms with Gasteiger partial charge in [-0.25, -0.2) is 0 Å². The molecule has 0 amide bonds. The molecule has 1 aromatic rings. The molecule has 1 aromatic carbocycles. The van der Waals surface area contributed by atoms with Gasteiger partial charge in [-0.1, -0.05) is 19.9 Å². The summed E-state index contributed by atoms with van der Waals surface area (Å²) >= 11 is 0. The summed E-state index contributed by atoms with van der Waals surface area (Å²) in [5, 5.41) is 0. The van der Waals surface area contributed by atoms with Crippen molar-refractivity contribution in [2.75, 3.05) is 7.11 Å². The molecule has 0 saturated heterocycles. The highest BCUT2D eigenvalue weighted by Crippen LogP contribution is 2.22. The van der Waals surface area contributed by atoms with Crippen LogP contribution in [-0.4, -0.2) is 19.2 Å². The molecule has 3 heteroatoms. The Labute approximate surface area is 89.1 Å². The lowest BCUT2D eigenvalue weighted by Gasteiger charge is -2.09. The van der Waals surface area contributed by atoms with Crippen LogP contribution in [0.2, 0.25) is 0 Å². The molecule has 0 bridgehead atoms. The first kappa shape index (κ1) is 11.4. The first-order valence-corrected chi connectivity index (χ1v) is 4.77. The van der Waals surface area contributed by atoms with Crippen LogP contribution in [0, 0.1) is 5.92 Å². The van der Waals surface area contributed by atoms with E-state index in [9.17, 15) is 9.59 Å². The summed E-state index contributed by atoms with van der Waals surface area (Å²) in [6, 6.07) is 4.82. The minimum absolute atomic E-state index is 0.0179. The average Bonchev–Trinajstić information content (AvgIpc) is 2.27. The Bertz CT molecular complexity index is 380. The van der Waals surface area contributed by atoms with Gasteiger partial charge in [-0.15, -0.1) is 0 Å². The van der Waals surface area contributed by atoms with Gasteiger partial charge in [0.05, 0.1) is 12.7 Å². The van der Waals surface area contributed by atoms with Crippen molar-refractivity contribution < 1.29 is 14.3 Å². The zero-order valence-corrected chi connectivity index (χ0v) is 9.11. The highest BCUT2D eigenvalue weighted by atomic mass is 16.5. The van der Waals surface area contributed by atoms with Gasteiger partial charge in [-0.2, -0.15) is 0 Å². The van der Waals surface area contributed by atoms with Gasteiger partial charge in [0.15, 0.2) is 5.78 Å². The second-order valence-corrected chi connectivity index (χ2v) is 3.60. The van der Waals surface area contributed by atoms with Gasteiger partial charge >= 0.3 is 0 Å². The first-order valence-electron chi connectivity index (χ1n) is 4.77. The van der Waals surface area contributed by atoms with E-state index in [0.717, 1.165) is 6.29 Å². The van der Waals surface area contributed by atoms with E-state index in [1.807, 2.05) is 13.8 Å². The molecule has 0 spiro atoms. The normalized spacial score (nSPS) is 10.1. The van der Waals surface area contributed by atoms with E-state index in [4.69, 9.17) is 4.74 Å². The van der Waals surface area contributed by atoms with E-state index in [2.05, 4.69) is 0 Å². The minimum atomic E-state index is -0.0824. The summed E-state index contributed by atoms with van der Waals surface area (Å²) in [5.41, 5.74) is 1.03. The predicted molar refractivity (Wildman–Crippen MR) is 57.6 cm³/mol. The van der Waals surface area contributed by atoms with Crippen LogP contribution in [0.3, 0.4) is 0 Å². The van der Waals surface area contributed by atoms with Gasteiger partial charge < -0.3 is 4.74 Å². The molecular weight excluding hydrogens is 192 g/mol. The van der Waals surface area contributed by atoms with Crippen LogP contribution in [0.5, 0.6) is 5.75 Å². The summed E-state index contributed by atoms with van der Waals surface area (Å²) in [6.45, 7) is 3.66. The van der Waals surface area contributed by atoms with Gasteiger partial charge in [0.25, 0.3) is 0 Å². The number of carbonyl (C=O) groups is 2. The lowest BCUT2D eigenvalue weighted by molar-refractivity contribution is 0.0935. The summed E-state index contributed by atoms with van der Waals surface area (Å²) in [6.07, 6.45) is 0.728. The Balaban J connectivity index is 3.18. The van der Waals surface area contributed by atoms with E-state index in [1.165, 1.54) is 7.11 Å². The Morgan fingerprint density at radius 1 is 1.40 bits per heavy atom. The number of hydrogen-bond donors (Lipinski definition) is 0. The second-order valence-electron chi connectivity index (χ2n) is 3.60. The van der Waals surface area contributed by atoms with Gasteiger partial charge in [-0.3, -0.25) is 9.59 Å². The van der Waals surface area contributed by atoms with Crippen molar-refractivity contribution in [1.29, 1.82) is 0 Å². The van der Waals surface area contributed by atoms with Crippen molar-refractivity contribution in [2.24, 2.45) is 5.92 Å². The van der Waals surface area contributed by atoms with Gasteiger partial charge in [0.2, 0.25) is 0 Å². The number of Topliss-reactive ketones (excluding diaryl/α,β-unsaturated/α-hetero) is 1. The van der Waals surface area contributed by atoms with Gasteiger partial charge in [0, 0.05) is 11.5 Å². The molecule has 0 aliphatic carbocycles. The van der Waals surface area contributed by atoms with Crippen molar-refractivity contribution in [1.82, 2.24) is 0 Å². The molecule has 0 radical (unpaired) electrons. The third kappa shape index (κ3) is 2.43. The minimum Gasteiger partial charge on any atom is -0.496 e. The Morgan fingerprint density at radius 2 is 2.07 bits per heavy atom. The van der Waals surface area contributed by atoms with Crippen molar-refractivity contribution in [2.45, 2.75) is 13.8 Å².